The molecule has 0 unspecified atom stereocenters. The molecule has 150 valence electrons. The number of fused-ring (bicyclic) bond motifs is 4. The van der Waals surface area contributed by atoms with Gasteiger partial charge in [0.2, 0.25) is 17.7 Å². The summed E-state index contributed by atoms with van der Waals surface area (Å²) in [5, 5.41) is 0. The van der Waals surface area contributed by atoms with Gasteiger partial charge in [-0.2, -0.15) is 0 Å². The Morgan fingerprint density at radius 1 is 0.966 bits per heavy atom. The van der Waals surface area contributed by atoms with Crippen molar-refractivity contribution in [1.29, 1.82) is 0 Å². The number of likely N-dealkylation sites (tertiary alicyclic amines) is 1. The van der Waals surface area contributed by atoms with E-state index in [9.17, 15) is 14.4 Å². The van der Waals surface area contributed by atoms with Crippen molar-refractivity contribution in [3.8, 4) is 0 Å². The Balaban J connectivity index is 1.42. The van der Waals surface area contributed by atoms with Crippen molar-refractivity contribution in [2.24, 2.45) is 17.8 Å². The number of nitrogens with zero attached hydrogens (tertiary/aromatic N) is 2. The summed E-state index contributed by atoms with van der Waals surface area (Å²) < 4.78 is 0. The lowest BCUT2D eigenvalue weighted by atomic mass is 9.66. The summed E-state index contributed by atoms with van der Waals surface area (Å²) in [6, 6.07) is 10.3. The SMILES string of the molecule is CC1=C2C[C@@H]3CC(Sc4ccccc4)=CC(=O)N3C[C@H]2[C@H]2C(=O)N(C)C(=O)[C@H]2C1. The third-order valence-electron chi connectivity index (χ3n) is 6.94. The minimum atomic E-state index is -0.302. The first-order valence-corrected chi connectivity index (χ1v) is 11.0. The molecule has 1 aromatic rings. The summed E-state index contributed by atoms with van der Waals surface area (Å²) >= 11 is 1.66. The van der Waals surface area contributed by atoms with Gasteiger partial charge in [0.25, 0.3) is 0 Å². The number of carbonyl (C=O) groups is 3. The minimum Gasteiger partial charge on any atom is -0.335 e. The largest absolute Gasteiger partial charge is 0.335 e. The summed E-state index contributed by atoms with van der Waals surface area (Å²) in [5.74, 6) is -0.683. The van der Waals surface area contributed by atoms with Gasteiger partial charge in [-0.1, -0.05) is 41.1 Å². The Labute approximate surface area is 174 Å². The van der Waals surface area contributed by atoms with Crippen molar-refractivity contribution in [2.75, 3.05) is 13.6 Å². The van der Waals surface area contributed by atoms with Gasteiger partial charge in [-0.05, 0) is 43.2 Å². The highest BCUT2D eigenvalue weighted by atomic mass is 32.2. The van der Waals surface area contributed by atoms with E-state index in [1.54, 1.807) is 24.9 Å². The number of thioether (sulfide) groups is 1. The first-order chi connectivity index (χ1) is 13.9. The molecular weight excluding hydrogens is 384 g/mol. The summed E-state index contributed by atoms with van der Waals surface area (Å²) in [5.41, 5.74) is 2.55. The first-order valence-electron chi connectivity index (χ1n) is 10.2. The van der Waals surface area contributed by atoms with Crippen LogP contribution < -0.4 is 0 Å². The molecule has 6 heteroatoms. The molecule has 1 aromatic carbocycles. The summed E-state index contributed by atoms with van der Waals surface area (Å²) in [6.45, 7) is 2.65. The second-order valence-corrected chi connectivity index (χ2v) is 9.76. The van der Waals surface area contributed by atoms with Crippen molar-refractivity contribution < 1.29 is 14.4 Å². The number of allylic oxidation sites excluding steroid dienone is 1. The average Bonchev–Trinajstić information content (AvgIpc) is 2.92. The van der Waals surface area contributed by atoms with E-state index in [1.165, 1.54) is 16.0 Å². The average molecular weight is 409 g/mol. The zero-order chi connectivity index (χ0) is 20.3. The number of rotatable bonds is 2. The molecule has 3 heterocycles. The van der Waals surface area contributed by atoms with Crippen LogP contribution in [0.5, 0.6) is 0 Å². The van der Waals surface area contributed by atoms with Crippen LogP contribution in [-0.2, 0) is 14.4 Å². The van der Waals surface area contributed by atoms with Gasteiger partial charge in [0.15, 0.2) is 0 Å². The molecular formula is C23H24N2O3S. The van der Waals surface area contributed by atoms with Crippen LogP contribution in [0.25, 0.3) is 0 Å². The second kappa shape index (κ2) is 6.87. The van der Waals surface area contributed by atoms with Gasteiger partial charge < -0.3 is 4.90 Å². The number of piperidine rings is 1. The fourth-order valence-corrected chi connectivity index (χ4v) is 6.55. The van der Waals surface area contributed by atoms with Crippen LogP contribution in [0.4, 0.5) is 0 Å². The number of benzene rings is 1. The van der Waals surface area contributed by atoms with E-state index in [0.29, 0.717) is 13.0 Å². The Bertz CT molecular complexity index is 968. The van der Waals surface area contributed by atoms with Crippen LogP contribution in [0.2, 0.25) is 0 Å². The molecule has 29 heavy (non-hydrogen) atoms. The number of hydrogen-bond donors (Lipinski definition) is 0. The first kappa shape index (κ1) is 18.7. The third-order valence-corrected chi connectivity index (χ3v) is 7.99. The van der Waals surface area contributed by atoms with Crippen molar-refractivity contribution >= 4 is 29.5 Å². The quantitative estimate of drug-likeness (QED) is 0.557. The highest BCUT2D eigenvalue weighted by molar-refractivity contribution is 8.03. The minimum absolute atomic E-state index is 0.0212. The molecule has 5 nitrogen and oxygen atoms in total. The highest BCUT2D eigenvalue weighted by Crippen LogP contribution is 2.49. The van der Waals surface area contributed by atoms with Gasteiger partial charge >= 0.3 is 0 Å². The van der Waals surface area contributed by atoms with Gasteiger partial charge in [-0.3, -0.25) is 19.3 Å². The van der Waals surface area contributed by atoms with Crippen LogP contribution in [0, 0.1) is 17.8 Å². The molecule has 0 bridgehead atoms. The highest BCUT2D eigenvalue weighted by Gasteiger charge is 2.55. The number of hydrogen-bond acceptors (Lipinski definition) is 4. The topological polar surface area (TPSA) is 57.7 Å². The lowest BCUT2D eigenvalue weighted by Gasteiger charge is -2.47. The maximum Gasteiger partial charge on any atom is 0.247 e. The smallest absolute Gasteiger partial charge is 0.247 e. The predicted molar refractivity (Wildman–Crippen MR) is 111 cm³/mol. The third kappa shape index (κ3) is 2.96. The molecule has 0 saturated carbocycles. The van der Waals surface area contributed by atoms with Crippen molar-refractivity contribution in [3.63, 3.8) is 0 Å². The Morgan fingerprint density at radius 2 is 1.72 bits per heavy atom. The fourth-order valence-electron chi connectivity index (χ4n) is 5.52. The van der Waals surface area contributed by atoms with Crippen LogP contribution in [0.15, 0.2) is 57.4 Å². The van der Waals surface area contributed by atoms with Gasteiger partial charge in [0.1, 0.15) is 0 Å². The van der Waals surface area contributed by atoms with Crippen molar-refractivity contribution in [1.82, 2.24) is 9.80 Å². The lowest BCUT2D eigenvalue weighted by molar-refractivity contribution is -0.139. The molecule has 4 aliphatic rings. The Hall–Kier alpha value is -2.34. The van der Waals surface area contributed by atoms with E-state index in [2.05, 4.69) is 19.1 Å². The van der Waals surface area contributed by atoms with E-state index in [1.807, 2.05) is 23.1 Å². The molecule has 4 atom stereocenters. The molecule has 5 rings (SSSR count). The van der Waals surface area contributed by atoms with Gasteiger partial charge in [0.05, 0.1) is 11.8 Å². The molecule has 1 aliphatic carbocycles. The maximum absolute atomic E-state index is 12.9. The normalized spacial score (nSPS) is 31.5. The van der Waals surface area contributed by atoms with E-state index in [-0.39, 0.29) is 41.5 Å². The van der Waals surface area contributed by atoms with E-state index in [0.717, 1.165) is 22.6 Å². The molecule has 3 amide bonds. The standard InChI is InChI=1S/C23H24N2O3S/c1-13-8-18-21(23(28)24(2)22(18)27)19-12-25-14(10-17(13)19)9-16(11-20(25)26)29-15-6-4-3-5-7-15/h3-7,11,14,18-19,21H,8-10,12H2,1-2H3/t14-,18-,19+,21-/m0/s1. The zero-order valence-corrected chi connectivity index (χ0v) is 17.4. The molecule has 0 N–H and O–H groups in total. The molecule has 3 aliphatic heterocycles. The monoisotopic (exact) mass is 408 g/mol. The summed E-state index contributed by atoms with van der Waals surface area (Å²) in [4.78, 5) is 43.7. The maximum atomic E-state index is 12.9. The molecule has 0 spiro atoms. The molecule has 2 fully saturated rings. The summed E-state index contributed by atoms with van der Waals surface area (Å²) in [7, 11) is 1.59. The van der Waals surface area contributed by atoms with Crippen LogP contribution in [-0.4, -0.2) is 47.2 Å². The molecule has 0 aromatic heterocycles. The van der Waals surface area contributed by atoms with Crippen LogP contribution in [0.1, 0.15) is 26.2 Å². The zero-order valence-electron chi connectivity index (χ0n) is 16.6. The van der Waals surface area contributed by atoms with Crippen LogP contribution in [0.3, 0.4) is 0 Å². The van der Waals surface area contributed by atoms with Gasteiger partial charge in [-0.15, -0.1) is 0 Å². The molecule has 0 radical (unpaired) electrons. The number of imide groups is 1. The Morgan fingerprint density at radius 3 is 2.48 bits per heavy atom. The molecule has 2 saturated heterocycles. The second-order valence-electron chi connectivity index (χ2n) is 8.56. The lowest BCUT2D eigenvalue weighted by Crippen LogP contribution is -2.53. The predicted octanol–water partition coefficient (Wildman–Crippen LogP) is 3.23. The van der Waals surface area contributed by atoms with E-state index >= 15 is 0 Å². The number of carbonyl (C=O) groups excluding carboxylic acids is 3. The Kier molecular flexibility index (Phi) is 4.42. The van der Waals surface area contributed by atoms with Gasteiger partial charge in [0, 0.05) is 36.5 Å². The van der Waals surface area contributed by atoms with Crippen molar-refractivity contribution in [3.05, 3.63) is 52.5 Å². The fraction of sp³-hybridized carbons (Fsp3) is 0.435. The number of amides is 3. The van der Waals surface area contributed by atoms with E-state index in [4.69, 9.17) is 0 Å². The van der Waals surface area contributed by atoms with Gasteiger partial charge in [-0.25, -0.2) is 0 Å². The van der Waals surface area contributed by atoms with E-state index < -0.39 is 0 Å². The van der Waals surface area contributed by atoms with Crippen LogP contribution >= 0.6 is 11.8 Å². The summed E-state index contributed by atoms with van der Waals surface area (Å²) in [6.07, 6.45) is 4.08. The van der Waals surface area contributed by atoms with Crippen molar-refractivity contribution in [2.45, 2.75) is 37.1 Å².